The molecule has 0 unspecified atom stereocenters. The van der Waals surface area contributed by atoms with Gasteiger partial charge in [0.2, 0.25) is 0 Å². The number of amides is 1. The normalized spacial score (nSPS) is 18.6. The minimum Gasteiger partial charge on any atom is -0.464 e. The lowest BCUT2D eigenvalue weighted by Crippen LogP contribution is -2.55. The molecule has 33 heavy (non-hydrogen) atoms. The lowest BCUT2D eigenvalue weighted by Gasteiger charge is -2.38. The average Bonchev–Trinajstić information content (AvgIpc) is 3.41. The van der Waals surface area contributed by atoms with Crippen LogP contribution in [0.15, 0.2) is 4.42 Å². The predicted octanol–water partition coefficient (Wildman–Crippen LogP) is 3.01. The maximum absolute atomic E-state index is 12.8. The number of piperidine rings is 1. The number of imidazole rings is 1. The molecule has 0 spiro atoms. The molecular formula is C22H32ClN5O5. The molecule has 1 saturated heterocycles. The minimum absolute atomic E-state index is 0.185. The number of oxazole rings is 1. The largest absolute Gasteiger partial charge is 0.464 e. The second-order valence-corrected chi connectivity index (χ2v) is 8.76. The van der Waals surface area contributed by atoms with Crippen molar-refractivity contribution in [2.75, 3.05) is 31.7 Å². The number of halogens is 1. The van der Waals surface area contributed by atoms with Crippen LogP contribution in [0.3, 0.4) is 0 Å². The molecule has 3 rings (SSSR count). The molecule has 2 N–H and O–H groups in total. The summed E-state index contributed by atoms with van der Waals surface area (Å²) in [6, 6.07) is 0.114. The van der Waals surface area contributed by atoms with Gasteiger partial charge in [-0.3, -0.25) is 4.79 Å². The number of H-pyrrole nitrogens is 1. The fourth-order valence-electron chi connectivity index (χ4n) is 3.68. The Hall–Kier alpha value is -2.59. The number of aryl methyl sites for hydroxylation is 2. The zero-order valence-electron chi connectivity index (χ0n) is 19.7. The van der Waals surface area contributed by atoms with E-state index in [1.54, 1.807) is 0 Å². The highest BCUT2D eigenvalue weighted by Crippen LogP contribution is 2.25. The van der Waals surface area contributed by atoms with Crippen molar-refractivity contribution in [1.29, 1.82) is 0 Å². The first-order valence-electron chi connectivity index (χ1n) is 11.3. The highest BCUT2D eigenvalue weighted by atomic mass is 35.5. The van der Waals surface area contributed by atoms with Gasteiger partial charge in [0.1, 0.15) is 5.76 Å². The van der Waals surface area contributed by atoms with Gasteiger partial charge in [-0.1, -0.05) is 39.3 Å². The summed E-state index contributed by atoms with van der Waals surface area (Å²) in [7, 11) is 1.32. The first-order valence-corrected chi connectivity index (χ1v) is 11.6. The van der Waals surface area contributed by atoms with Gasteiger partial charge < -0.3 is 29.1 Å². The molecule has 1 fully saturated rings. The lowest BCUT2D eigenvalue weighted by atomic mass is 10.0. The third-order valence-corrected chi connectivity index (χ3v) is 5.79. The van der Waals surface area contributed by atoms with Gasteiger partial charge in [0.25, 0.3) is 11.9 Å². The average molecular weight is 482 g/mol. The third kappa shape index (κ3) is 5.86. The van der Waals surface area contributed by atoms with Gasteiger partial charge in [0.05, 0.1) is 31.5 Å². The molecule has 182 valence electrons. The Morgan fingerprint density at radius 1 is 1.30 bits per heavy atom. The fraction of sp³-hybridized carbons (Fsp3) is 0.636. The molecule has 0 aromatic carbocycles. The Morgan fingerprint density at radius 2 is 2.06 bits per heavy atom. The van der Waals surface area contributed by atoms with Crippen molar-refractivity contribution in [3.05, 3.63) is 28.1 Å². The molecule has 2 atom stereocenters. The summed E-state index contributed by atoms with van der Waals surface area (Å²) in [5.74, 6) is 0.135. The number of carbonyl (C=O) groups excluding carboxylic acids is 2. The van der Waals surface area contributed by atoms with Gasteiger partial charge in [-0.25, -0.2) is 9.78 Å². The number of hydrogen-bond acceptors (Lipinski definition) is 8. The zero-order valence-corrected chi connectivity index (χ0v) is 20.5. The molecule has 0 radical (unpaired) electrons. The monoisotopic (exact) mass is 481 g/mol. The van der Waals surface area contributed by atoms with Gasteiger partial charge >= 0.3 is 5.97 Å². The van der Waals surface area contributed by atoms with Gasteiger partial charge in [-0.05, 0) is 18.8 Å². The van der Waals surface area contributed by atoms with Crippen LogP contribution in [0.25, 0.3) is 0 Å². The quantitative estimate of drug-likeness (QED) is 0.524. The number of anilines is 1. The summed E-state index contributed by atoms with van der Waals surface area (Å²) in [5.41, 5.74) is 0.910. The van der Waals surface area contributed by atoms with Crippen LogP contribution < -0.4 is 10.2 Å². The fourth-order valence-corrected chi connectivity index (χ4v) is 3.94. The number of esters is 1. The van der Waals surface area contributed by atoms with Crippen LogP contribution in [-0.4, -0.2) is 65.8 Å². The number of rotatable bonds is 9. The van der Waals surface area contributed by atoms with E-state index in [0.717, 1.165) is 5.69 Å². The van der Waals surface area contributed by atoms with E-state index in [4.69, 9.17) is 25.5 Å². The van der Waals surface area contributed by atoms with E-state index in [-0.39, 0.29) is 29.6 Å². The third-order valence-electron chi connectivity index (χ3n) is 5.47. The van der Waals surface area contributed by atoms with E-state index in [2.05, 4.69) is 34.1 Å². The van der Waals surface area contributed by atoms with Crippen molar-refractivity contribution in [1.82, 2.24) is 20.3 Å². The Kier molecular flexibility index (Phi) is 8.36. The number of nitrogens with one attached hydrogen (secondary N) is 2. The molecule has 0 saturated carbocycles. The van der Waals surface area contributed by atoms with Crippen LogP contribution >= 0.6 is 11.6 Å². The van der Waals surface area contributed by atoms with E-state index in [1.807, 2.05) is 18.7 Å². The summed E-state index contributed by atoms with van der Waals surface area (Å²) in [6.45, 7) is 9.50. The van der Waals surface area contributed by atoms with Crippen molar-refractivity contribution in [3.8, 4) is 0 Å². The molecule has 0 aliphatic carbocycles. The van der Waals surface area contributed by atoms with Crippen LogP contribution in [0.4, 0.5) is 6.01 Å². The van der Waals surface area contributed by atoms with Crippen LogP contribution in [0.1, 0.15) is 66.7 Å². The summed E-state index contributed by atoms with van der Waals surface area (Å²) < 4.78 is 16.8. The van der Waals surface area contributed by atoms with Crippen LogP contribution in [0.2, 0.25) is 5.15 Å². The Morgan fingerprint density at radius 3 is 2.67 bits per heavy atom. The Bertz CT molecular complexity index is 973. The maximum atomic E-state index is 12.8. The Balaban J connectivity index is 1.76. The van der Waals surface area contributed by atoms with Gasteiger partial charge in [-0.15, -0.1) is 0 Å². The summed E-state index contributed by atoms with van der Waals surface area (Å²) in [4.78, 5) is 38.3. The number of aromatic amines is 1. The number of ether oxygens (including phenoxy) is 2. The number of hydrogen-bond donors (Lipinski definition) is 2. The number of carbonyl (C=O) groups is 2. The van der Waals surface area contributed by atoms with Gasteiger partial charge in [0, 0.05) is 19.6 Å². The summed E-state index contributed by atoms with van der Waals surface area (Å²) in [5, 5.41) is 3.34. The van der Waals surface area contributed by atoms with Gasteiger partial charge in [0.15, 0.2) is 16.7 Å². The number of aromatic nitrogens is 3. The maximum Gasteiger partial charge on any atom is 0.360 e. The number of methoxy groups -OCH3 is 1. The molecule has 3 heterocycles. The first-order chi connectivity index (χ1) is 15.8. The van der Waals surface area contributed by atoms with Crippen molar-refractivity contribution in [2.45, 2.75) is 59.1 Å². The second kappa shape index (κ2) is 11.0. The van der Waals surface area contributed by atoms with Crippen molar-refractivity contribution in [3.63, 3.8) is 0 Å². The van der Waals surface area contributed by atoms with Gasteiger partial charge in [-0.2, -0.15) is 4.98 Å². The molecule has 1 aliphatic rings. The standard InChI is InChI=1S/C22H32ClN5O5/c1-6-13-18(23)27-19(24-13)20(29)25-14-8-9-28(10-16(14)32-11-12(3)4)22-26-17(21(30)31-5)15(7-2)33-22/h12,14,16H,6-11H2,1-5H3,(H,24,27)(H,25,29)/t14-,16+/m1/s1. The van der Waals surface area contributed by atoms with Crippen LogP contribution in [0, 0.1) is 5.92 Å². The molecule has 2 aromatic heterocycles. The molecule has 11 heteroatoms. The zero-order chi connectivity index (χ0) is 24.1. The molecule has 2 aromatic rings. The van der Waals surface area contributed by atoms with E-state index in [1.165, 1.54) is 7.11 Å². The summed E-state index contributed by atoms with van der Waals surface area (Å²) in [6.07, 6.45) is 1.46. The minimum atomic E-state index is -0.528. The molecule has 10 nitrogen and oxygen atoms in total. The second-order valence-electron chi connectivity index (χ2n) is 8.40. The predicted molar refractivity (Wildman–Crippen MR) is 123 cm³/mol. The van der Waals surface area contributed by atoms with E-state index in [9.17, 15) is 9.59 Å². The SMILES string of the molecule is CCc1[nH]c(C(=O)N[C@@H]2CCN(c3nc(C(=O)OC)c(CC)o3)C[C@@H]2OCC(C)C)nc1Cl. The molecule has 1 amide bonds. The van der Waals surface area contributed by atoms with Crippen LogP contribution in [0.5, 0.6) is 0 Å². The topological polar surface area (TPSA) is 123 Å². The van der Waals surface area contributed by atoms with E-state index >= 15 is 0 Å². The molecule has 0 bridgehead atoms. The highest BCUT2D eigenvalue weighted by Gasteiger charge is 2.35. The van der Waals surface area contributed by atoms with Crippen molar-refractivity contribution in [2.24, 2.45) is 5.92 Å². The van der Waals surface area contributed by atoms with E-state index in [0.29, 0.717) is 61.8 Å². The van der Waals surface area contributed by atoms with Crippen molar-refractivity contribution < 1.29 is 23.5 Å². The van der Waals surface area contributed by atoms with E-state index < -0.39 is 5.97 Å². The smallest absolute Gasteiger partial charge is 0.360 e. The van der Waals surface area contributed by atoms with Crippen molar-refractivity contribution >= 4 is 29.5 Å². The lowest BCUT2D eigenvalue weighted by molar-refractivity contribution is 0.00628. The van der Waals surface area contributed by atoms with Crippen LogP contribution in [-0.2, 0) is 22.3 Å². The Labute approximate surface area is 198 Å². The first kappa shape index (κ1) is 25.0. The highest BCUT2D eigenvalue weighted by molar-refractivity contribution is 6.30. The molecule has 1 aliphatic heterocycles. The summed E-state index contributed by atoms with van der Waals surface area (Å²) >= 11 is 6.09. The number of nitrogens with zero attached hydrogens (tertiary/aromatic N) is 3. The molecular weight excluding hydrogens is 450 g/mol.